The fraction of sp³-hybridized carbons (Fsp3) is 0.562. The number of ether oxygens (including phenoxy) is 2. The molecule has 0 spiro atoms. The smallest absolute Gasteiger partial charge is 0.225 e. The maximum Gasteiger partial charge on any atom is 0.225 e. The standard InChI is InChI=1S/C16H21NO3/c18-16(14-7-8-19-11-14)17-9-13-3-1-2-4-15(13)20-10-12-5-6-12/h1-4,12,14H,5-11H2,(H,17,18)/t14-/m0/s1. The van der Waals surface area contributed by atoms with E-state index in [-0.39, 0.29) is 11.8 Å². The highest BCUT2D eigenvalue weighted by Gasteiger charge is 2.24. The minimum atomic E-state index is 0.00884. The first-order valence-corrected chi connectivity index (χ1v) is 7.39. The molecule has 1 aromatic carbocycles. The predicted octanol–water partition coefficient (Wildman–Crippen LogP) is 2.13. The van der Waals surface area contributed by atoms with Crippen LogP contribution in [0.4, 0.5) is 0 Å². The summed E-state index contributed by atoms with van der Waals surface area (Å²) < 4.78 is 11.1. The summed E-state index contributed by atoms with van der Waals surface area (Å²) >= 11 is 0. The highest BCUT2D eigenvalue weighted by Crippen LogP contribution is 2.30. The Bertz CT molecular complexity index is 465. The average molecular weight is 275 g/mol. The van der Waals surface area contributed by atoms with Crippen LogP contribution in [0.5, 0.6) is 5.75 Å². The van der Waals surface area contributed by atoms with Crippen molar-refractivity contribution in [1.29, 1.82) is 0 Å². The van der Waals surface area contributed by atoms with Gasteiger partial charge in [0.05, 0.1) is 19.1 Å². The van der Waals surface area contributed by atoms with Crippen LogP contribution in [0.3, 0.4) is 0 Å². The topological polar surface area (TPSA) is 47.6 Å². The number of hydrogen-bond donors (Lipinski definition) is 1. The average Bonchev–Trinajstić information content (AvgIpc) is 3.14. The second kappa shape index (κ2) is 6.27. The molecule has 3 rings (SSSR count). The highest BCUT2D eigenvalue weighted by atomic mass is 16.5. The Hall–Kier alpha value is -1.55. The first-order chi connectivity index (χ1) is 9.83. The number of carbonyl (C=O) groups excluding carboxylic acids is 1. The van der Waals surface area contributed by atoms with E-state index >= 15 is 0 Å². The number of carbonyl (C=O) groups is 1. The van der Waals surface area contributed by atoms with Crippen LogP contribution in [0, 0.1) is 11.8 Å². The molecule has 1 saturated carbocycles. The summed E-state index contributed by atoms with van der Waals surface area (Å²) in [5.41, 5.74) is 1.04. The van der Waals surface area contributed by atoms with Crippen LogP contribution in [0.15, 0.2) is 24.3 Å². The number of amides is 1. The van der Waals surface area contributed by atoms with Crippen molar-refractivity contribution in [2.24, 2.45) is 11.8 Å². The third-order valence-electron chi connectivity index (χ3n) is 3.90. The van der Waals surface area contributed by atoms with Crippen LogP contribution in [-0.2, 0) is 16.1 Å². The number of nitrogens with one attached hydrogen (secondary N) is 1. The lowest BCUT2D eigenvalue weighted by Gasteiger charge is -2.13. The molecule has 1 aliphatic heterocycles. The van der Waals surface area contributed by atoms with E-state index < -0.39 is 0 Å². The Morgan fingerprint density at radius 3 is 2.90 bits per heavy atom. The van der Waals surface area contributed by atoms with E-state index in [0.717, 1.165) is 30.3 Å². The third kappa shape index (κ3) is 3.51. The Morgan fingerprint density at radius 1 is 1.30 bits per heavy atom. The number of para-hydroxylation sites is 1. The van der Waals surface area contributed by atoms with Crippen molar-refractivity contribution >= 4 is 5.91 Å². The van der Waals surface area contributed by atoms with Crippen LogP contribution in [0.25, 0.3) is 0 Å². The summed E-state index contributed by atoms with van der Waals surface area (Å²) in [5, 5.41) is 2.99. The van der Waals surface area contributed by atoms with Crippen LogP contribution in [0.2, 0.25) is 0 Å². The van der Waals surface area contributed by atoms with Gasteiger partial charge in [-0.1, -0.05) is 18.2 Å². The monoisotopic (exact) mass is 275 g/mol. The summed E-state index contributed by atoms with van der Waals surface area (Å²) in [5.74, 6) is 1.71. The molecule has 1 aliphatic carbocycles. The van der Waals surface area contributed by atoms with Gasteiger partial charge in [0.2, 0.25) is 5.91 Å². The number of hydrogen-bond acceptors (Lipinski definition) is 3. The van der Waals surface area contributed by atoms with E-state index in [0.29, 0.717) is 19.8 Å². The van der Waals surface area contributed by atoms with Gasteiger partial charge in [0.1, 0.15) is 5.75 Å². The van der Waals surface area contributed by atoms with Gasteiger partial charge in [-0.2, -0.15) is 0 Å². The fourth-order valence-corrected chi connectivity index (χ4v) is 2.35. The fourth-order valence-electron chi connectivity index (χ4n) is 2.35. The van der Waals surface area contributed by atoms with E-state index in [2.05, 4.69) is 5.32 Å². The Morgan fingerprint density at radius 2 is 2.15 bits per heavy atom. The molecule has 1 N–H and O–H groups in total. The molecule has 0 bridgehead atoms. The highest BCUT2D eigenvalue weighted by molar-refractivity contribution is 5.79. The van der Waals surface area contributed by atoms with Gasteiger partial charge in [0, 0.05) is 18.7 Å². The molecule has 1 saturated heterocycles. The molecule has 4 nitrogen and oxygen atoms in total. The largest absolute Gasteiger partial charge is 0.493 e. The SMILES string of the molecule is O=C(NCc1ccccc1OCC1CC1)[C@H]1CCOC1. The second-order valence-corrected chi connectivity index (χ2v) is 5.64. The summed E-state index contributed by atoms with van der Waals surface area (Å²) in [6.07, 6.45) is 3.38. The normalized spacial score (nSPS) is 21.7. The van der Waals surface area contributed by atoms with E-state index in [9.17, 15) is 4.79 Å². The minimum absolute atomic E-state index is 0.00884. The molecule has 0 aromatic heterocycles. The molecule has 2 aliphatic rings. The first kappa shape index (κ1) is 13.4. The van der Waals surface area contributed by atoms with Crippen molar-refractivity contribution < 1.29 is 14.3 Å². The number of rotatable bonds is 6. The predicted molar refractivity (Wildman–Crippen MR) is 75.4 cm³/mol. The molecule has 1 amide bonds. The van der Waals surface area contributed by atoms with Crippen molar-refractivity contribution in [3.8, 4) is 5.75 Å². The number of benzene rings is 1. The van der Waals surface area contributed by atoms with Crippen molar-refractivity contribution in [2.45, 2.75) is 25.8 Å². The summed E-state index contributed by atoms with van der Waals surface area (Å²) in [7, 11) is 0. The van der Waals surface area contributed by atoms with Crippen molar-refractivity contribution in [3.63, 3.8) is 0 Å². The lowest BCUT2D eigenvalue weighted by Crippen LogP contribution is -2.30. The quantitative estimate of drug-likeness (QED) is 0.865. The zero-order valence-corrected chi connectivity index (χ0v) is 11.6. The molecule has 108 valence electrons. The molecule has 1 atom stereocenters. The molecule has 0 unspecified atom stereocenters. The van der Waals surface area contributed by atoms with Crippen LogP contribution >= 0.6 is 0 Å². The summed E-state index contributed by atoms with van der Waals surface area (Å²) in [6.45, 7) is 2.56. The van der Waals surface area contributed by atoms with E-state index in [4.69, 9.17) is 9.47 Å². The van der Waals surface area contributed by atoms with Gasteiger partial charge in [0.15, 0.2) is 0 Å². The molecule has 20 heavy (non-hydrogen) atoms. The zero-order valence-electron chi connectivity index (χ0n) is 11.6. The van der Waals surface area contributed by atoms with Gasteiger partial charge in [0.25, 0.3) is 0 Å². The summed E-state index contributed by atoms with van der Waals surface area (Å²) in [6, 6.07) is 7.93. The lowest BCUT2D eigenvalue weighted by atomic mass is 10.1. The van der Waals surface area contributed by atoms with Gasteiger partial charge in [-0.3, -0.25) is 4.79 Å². The van der Waals surface area contributed by atoms with Crippen molar-refractivity contribution in [2.75, 3.05) is 19.8 Å². The molecule has 1 aromatic rings. The minimum Gasteiger partial charge on any atom is -0.493 e. The molecular weight excluding hydrogens is 254 g/mol. The van der Waals surface area contributed by atoms with Gasteiger partial charge in [-0.15, -0.1) is 0 Å². The van der Waals surface area contributed by atoms with E-state index in [1.165, 1.54) is 12.8 Å². The van der Waals surface area contributed by atoms with Gasteiger partial charge in [-0.05, 0) is 31.2 Å². The Labute approximate surface area is 119 Å². The maximum atomic E-state index is 12.0. The molecule has 1 heterocycles. The maximum absolute atomic E-state index is 12.0. The third-order valence-corrected chi connectivity index (χ3v) is 3.90. The lowest BCUT2D eigenvalue weighted by molar-refractivity contribution is -0.125. The Kier molecular flexibility index (Phi) is 4.21. The Balaban J connectivity index is 1.54. The van der Waals surface area contributed by atoms with Crippen molar-refractivity contribution in [3.05, 3.63) is 29.8 Å². The van der Waals surface area contributed by atoms with Crippen molar-refractivity contribution in [1.82, 2.24) is 5.32 Å². The molecule has 0 radical (unpaired) electrons. The first-order valence-electron chi connectivity index (χ1n) is 7.39. The van der Waals surface area contributed by atoms with Crippen LogP contribution < -0.4 is 10.1 Å². The zero-order chi connectivity index (χ0) is 13.8. The molecule has 2 fully saturated rings. The second-order valence-electron chi connectivity index (χ2n) is 5.64. The van der Waals surface area contributed by atoms with Gasteiger partial charge in [-0.25, -0.2) is 0 Å². The van der Waals surface area contributed by atoms with Crippen LogP contribution in [-0.4, -0.2) is 25.7 Å². The molecule has 4 heteroatoms. The van der Waals surface area contributed by atoms with E-state index in [1.54, 1.807) is 0 Å². The van der Waals surface area contributed by atoms with Crippen LogP contribution in [0.1, 0.15) is 24.8 Å². The van der Waals surface area contributed by atoms with Gasteiger partial charge < -0.3 is 14.8 Å². The van der Waals surface area contributed by atoms with Gasteiger partial charge >= 0.3 is 0 Å². The summed E-state index contributed by atoms with van der Waals surface area (Å²) in [4.78, 5) is 12.0. The molecular formula is C16H21NO3. The van der Waals surface area contributed by atoms with E-state index in [1.807, 2.05) is 24.3 Å².